The van der Waals surface area contributed by atoms with Crippen molar-refractivity contribution in [3.05, 3.63) is 71.8 Å². The third-order valence-electron chi connectivity index (χ3n) is 5.99. The Morgan fingerprint density at radius 2 is 2.10 bits per heavy atom. The molecule has 1 aromatic carbocycles. The Balaban J connectivity index is 1.76. The second kappa shape index (κ2) is 7.11. The summed E-state index contributed by atoms with van der Waals surface area (Å²) in [6.45, 7) is 3.78. The minimum atomic E-state index is -1.34. The van der Waals surface area contributed by atoms with Crippen LogP contribution in [0.15, 0.2) is 55.4 Å². The maximum atomic E-state index is 13.9. The summed E-state index contributed by atoms with van der Waals surface area (Å²) in [5.41, 5.74) is 6.04. The largest absolute Gasteiger partial charge is 0.398 e. The van der Waals surface area contributed by atoms with E-state index in [4.69, 9.17) is 17.3 Å². The summed E-state index contributed by atoms with van der Waals surface area (Å²) in [4.78, 5) is 4.34. The lowest BCUT2D eigenvalue weighted by Crippen LogP contribution is -2.39. The van der Waals surface area contributed by atoms with E-state index in [9.17, 15) is 19.7 Å². The number of nitrogen functional groups attached to an aromatic ring is 1. The molecule has 2 heterocycles. The SMILES string of the molecule is C=C[C@]1([C@@H](O)c2ccc(Cl)c(F)c2)C[C@@H](n2ccc3c(N)ccnc32)[C@H](O)[C@@H]1O. The molecule has 1 fully saturated rings. The highest BCUT2D eigenvalue weighted by atomic mass is 35.5. The number of aliphatic hydroxyl groups is 3. The highest BCUT2D eigenvalue weighted by molar-refractivity contribution is 6.30. The Bertz CT molecular complexity index is 1090. The lowest BCUT2D eigenvalue weighted by atomic mass is 9.75. The van der Waals surface area contributed by atoms with Crippen molar-refractivity contribution in [1.82, 2.24) is 9.55 Å². The van der Waals surface area contributed by atoms with Gasteiger partial charge in [-0.05, 0) is 36.2 Å². The molecule has 0 unspecified atom stereocenters. The molecular weight excluding hydrogens is 397 g/mol. The van der Waals surface area contributed by atoms with Crippen LogP contribution in [0.2, 0.25) is 5.02 Å². The zero-order chi connectivity index (χ0) is 20.9. The van der Waals surface area contributed by atoms with Crippen molar-refractivity contribution in [1.29, 1.82) is 0 Å². The number of hydrogen-bond acceptors (Lipinski definition) is 5. The molecule has 1 aliphatic rings. The molecule has 29 heavy (non-hydrogen) atoms. The normalized spacial score (nSPS) is 28.0. The second-order valence-electron chi connectivity index (χ2n) is 7.46. The van der Waals surface area contributed by atoms with Gasteiger partial charge in [0.2, 0.25) is 0 Å². The highest BCUT2D eigenvalue weighted by Gasteiger charge is 2.56. The van der Waals surface area contributed by atoms with Crippen molar-refractivity contribution >= 4 is 28.3 Å². The van der Waals surface area contributed by atoms with Crippen LogP contribution in [0.5, 0.6) is 0 Å². The van der Waals surface area contributed by atoms with Gasteiger partial charge >= 0.3 is 0 Å². The summed E-state index contributed by atoms with van der Waals surface area (Å²) < 4.78 is 15.7. The first-order valence-electron chi connectivity index (χ1n) is 9.14. The van der Waals surface area contributed by atoms with Crippen molar-refractivity contribution in [2.75, 3.05) is 5.73 Å². The van der Waals surface area contributed by atoms with Gasteiger partial charge in [0.05, 0.1) is 23.3 Å². The van der Waals surface area contributed by atoms with E-state index >= 15 is 0 Å². The number of pyridine rings is 1. The summed E-state index contributed by atoms with van der Waals surface area (Å²) in [7, 11) is 0. The van der Waals surface area contributed by atoms with Crippen LogP contribution >= 0.6 is 11.6 Å². The van der Waals surface area contributed by atoms with Gasteiger partial charge in [0, 0.05) is 28.9 Å². The molecule has 0 saturated heterocycles. The standard InChI is InChI=1S/C21H21ClFN3O3/c1-2-21(18(28)11-3-4-13(22)14(23)9-11)10-16(17(27)19(21)29)26-8-6-12-15(24)5-7-25-20(12)26/h2-9,16-19,27-29H,1,10H2,(H2,24,25)/t16-,17+,18+,19+,21-/m1/s1. The van der Waals surface area contributed by atoms with Gasteiger partial charge in [-0.15, -0.1) is 6.58 Å². The fourth-order valence-corrected chi connectivity index (χ4v) is 4.44. The lowest BCUT2D eigenvalue weighted by Gasteiger charge is -2.35. The van der Waals surface area contributed by atoms with Gasteiger partial charge in [-0.3, -0.25) is 0 Å². The molecule has 0 spiro atoms. The molecule has 2 aromatic heterocycles. The first kappa shape index (κ1) is 19.8. The molecule has 152 valence electrons. The molecule has 8 heteroatoms. The Labute approximate surface area is 171 Å². The van der Waals surface area contributed by atoms with E-state index in [0.717, 1.165) is 11.5 Å². The number of anilines is 1. The third-order valence-corrected chi connectivity index (χ3v) is 6.29. The minimum Gasteiger partial charge on any atom is -0.398 e. The molecule has 5 atom stereocenters. The number of fused-ring (bicyclic) bond motifs is 1. The predicted octanol–water partition coefficient (Wildman–Crippen LogP) is 2.98. The average Bonchev–Trinajstić information content (AvgIpc) is 3.25. The topological polar surface area (TPSA) is 105 Å². The number of halogens is 2. The molecule has 1 aliphatic carbocycles. The van der Waals surface area contributed by atoms with Gasteiger partial charge in [0.15, 0.2) is 0 Å². The average molecular weight is 418 g/mol. The van der Waals surface area contributed by atoms with Crippen LogP contribution in [0.25, 0.3) is 11.0 Å². The monoisotopic (exact) mass is 417 g/mol. The van der Waals surface area contributed by atoms with E-state index in [1.54, 1.807) is 29.1 Å². The van der Waals surface area contributed by atoms with Crippen LogP contribution in [0.3, 0.4) is 0 Å². The van der Waals surface area contributed by atoms with Gasteiger partial charge < -0.3 is 25.6 Å². The van der Waals surface area contributed by atoms with Gasteiger partial charge in [0.25, 0.3) is 0 Å². The lowest BCUT2D eigenvalue weighted by molar-refractivity contribution is -0.0612. The zero-order valence-electron chi connectivity index (χ0n) is 15.4. The van der Waals surface area contributed by atoms with Crippen molar-refractivity contribution in [2.45, 2.75) is 30.8 Å². The summed E-state index contributed by atoms with van der Waals surface area (Å²) in [6, 6.07) is 6.82. The van der Waals surface area contributed by atoms with Crippen molar-refractivity contribution in [2.24, 2.45) is 5.41 Å². The molecule has 0 amide bonds. The Hall–Kier alpha value is -2.45. The molecule has 1 saturated carbocycles. The number of aromatic nitrogens is 2. The number of nitrogens with two attached hydrogens (primary N) is 1. The maximum absolute atomic E-state index is 13.9. The fraction of sp³-hybridized carbons (Fsp3) is 0.286. The first-order valence-corrected chi connectivity index (χ1v) is 9.51. The number of benzene rings is 1. The van der Waals surface area contributed by atoms with Gasteiger partial charge in [-0.25, -0.2) is 9.37 Å². The molecular formula is C21H21ClFN3O3. The van der Waals surface area contributed by atoms with Crippen LogP contribution in [-0.4, -0.2) is 37.1 Å². The van der Waals surface area contributed by atoms with Crippen molar-refractivity contribution < 1.29 is 19.7 Å². The molecule has 0 bridgehead atoms. The van der Waals surface area contributed by atoms with Crippen LogP contribution in [-0.2, 0) is 0 Å². The van der Waals surface area contributed by atoms with E-state index in [-0.39, 0.29) is 17.0 Å². The van der Waals surface area contributed by atoms with E-state index in [2.05, 4.69) is 11.6 Å². The smallest absolute Gasteiger partial charge is 0.142 e. The van der Waals surface area contributed by atoms with E-state index in [1.807, 2.05) is 0 Å². The van der Waals surface area contributed by atoms with Crippen LogP contribution in [0.1, 0.15) is 24.1 Å². The van der Waals surface area contributed by atoms with Gasteiger partial charge in [-0.2, -0.15) is 0 Å². The van der Waals surface area contributed by atoms with Crippen LogP contribution < -0.4 is 5.73 Å². The molecule has 4 rings (SSSR count). The number of nitrogens with zero attached hydrogens (tertiary/aromatic N) is 2. The predicted molar refractivity (Wildman–Crippen MR) is 109 cm³/mol. The Morgan fingerprint density at radius 3 is 2.79 bits per heavy atom. The number of aliphatic hydroxyl groups excluding tert-OH is 3. The zero-order valence-corrected chi connectivity index (χ0v) is 16.2. The quantitative estimate of drug-likeness (QED) is 0.488. The van der Waals surface area contributed by atoms with Crippen molar-refractivity contribution in [3.8, 4) is 0 Å². The maximum Gasteiger partial charge on any atom is 0.142 e. The van der Waals surface area contributed by atoms with Gasteiger partial charge in [0.1, 0.15) is 17.6 Å². The fourth-order valence-electron chi connectivity index (χ4n) is 4.32. The molecule has 0 aliphatic heterocycles. The molecule has 6 nitrogen and oxygen atoms in total. The van der Waals surface area contributed by atoms with E-state index < -0.39 is 35.6 Å². The third kappa shape index (κ3) is 2.93. The molecule has 3 aromatic rings. The van der Waals surface area contributed by atoms with Gasteiger partial charge in [-0.1, -0.05) is 23.7 Å². The number of rotatable bonds is 4. The van der Waals surface area contributed by atoms with Crippen LogP contribution in [0.4, 0.5) is 10.1 Å². The van der Waals surface area contributed by atoms with Crippen LogP contribution in [0, 0.1) is 11.2 Å². The van der Waals surface area contributed by atoms with Crippen molar-refractivity contribution in [3.63, 3.8) is 0 Å². The summed E-state index contributed by atoms with van der Waals surface area (Å²) in [5.74, 6) is -0.678. The summed E-state index contributed by atoms with van der Waals surface area (Å²) >= 11 is 5.74. The second-order valence-corrected chi connectivity index (χ2v) is 7.87. The highest BCUT2D eigenvalue weighted by Crippen LogP contribution is 2.53. The number of hydrogen-bond donors (Lipinski definition) is 4. The Morgan fingerprint density at radius 1 is 1.34 bits per heavy atom. The summed E-state index contributed by atoms with van der Waals surface area (Å²) in [5, 5.41) is 33.4. The Kier molecular flexibility index (Phi) is 4.86. The molecule has 0 radical (unpaired) electrons. The summed E-state index contributed by atoms with van der Waals surface area (Å²) in [6.07, 6.45) is 1.04. The molecule has 5 N–H and O–H groups in total. The van der Waals surface area contributed by atoms with E-state index in [0.29, 0.717) is 11.3 Å². The minimum absolute atomic E-state index is 0.0686. The first-order chi connectivity index (χ1) is 13.8. The van der Waals surface area contributed by atoms with E-state index in [1.165, 1.54) is 18.2 Å².